The Morgan fingerprint density at radius 1 is 1.40 bits per heavy atom. The molecule has 2 unspecified atom stereocenters. The summed E-state index contributed by atoms with van der Waals surface area (Å²) in [5.41, 5.74) is 4.87. The molecular formula is C15H31N3O2. The lowest BCUT2D eigenvalue weighted by molar-refractivity contribution is -0.143. The van der Waals surface area contributed by atoms with Gasteiger partial charge in [-0.1, -0.05) is 20.8 Å². The van der Waals surface area contributed by atoms with Crippen LogP contribution in [0, 0.1) is 0 Å². The predicted octanol–water partition coefficient (Wildman–Crippen LogP) is 1.37. The Labute approximate surface area is 123 Å². The highest BCUT2D eigenvalue weighted by atomic mass is 16.4. The number of carboxylic acids is 1. The van der Waals surface area contributed by atoms with Crippen molar-refractivity contribution in [2.75, 3.05) is 32.7 Å². The lowest BCUT2D eigenvalue weighted by atomic mass is 9.92. The molecule has 5 heteroatoms. The van der Waals surface area contributed by atoms with Crippen molar-refractivity contribution in [1.29, 1.82) is 0 Å². The smallest absolute Gasteiger partial charge is 0.323 e. The monoisotopic (exact) mass is 285 g/mol. The van der Waals surface area contributed by atoms with Crippen molar-refractivity contribution in [3.8, 4) is 0 Å². The van der Waals surface area contributed by atoms with Gasteiger partial charge in [0.15, 0.2) is 0 Å². The molecule has 0 amide bonds. The van der Waals surface area contributed by atoms with Crippen molar-refractivity contribution in [2.45, 2.75) is 58.0 Å². The molecule has 1 fully saturated rings. The third-order valence-corrected chi connectivity index (χ3v) is 4.73. The van der Waals surface area contributed by atoms with Gasteiger partial charge in [-0.2, -0.15) is 0 Å². The largest absolute Gasteiger partial charge is 0.480 e. The van der Waals surface area contributed by atoms with Crippen LogP contribution >= 0.6 is 0 Å². The molecule has 118 valence electrons. The topological polar surface area (TPSA) is 69.8 Å². The molecule has 2 atom stereocenters. The van der Waals surface area contributed by atoms with Crippen LogP contribution < -0.4 is 5.73 Å². The molecule has 20 heavy (non-hydrogen) atoms. The summed E-state index contributed by atoms with van der Waals surface area (Å²) in [5, 5.41) is 9.16. The number of aliphatic carboxylic acids is 1. The molecule has 5 nitrogen and oxygen atoms in total. The highest BCUT2D eigenvalue weighted by molar-refractivity contribution is 5.78. The summed E-state index contributed by atoms with van der Waals surface area (Å²) >= 11 is 0. The normalized spacial score (nSPS) is 23.1. The van der Waals surface area contributed by atoms with E-state index >= 15 is 0 Å². The van der Waals surface area contributed by atoms with E-state index in [0.29, 0.717) is 18.9 Å². The molecule has 0 spiro atoms. The van der Waals surface area contributed by atoms with E-state index in [1.54, 1.807) is 0 Å². The Hall–Kier alpha value is -0.650. The summed E-state index contributed by atoms with van der Waals surface area (Å²) in [6.45, 7) is 11.7. The summed E-state index contributed by atoms with van der Waals surface area (Å²) in [6, 6.07) is 0.665. The molecule has 0 aromatic carbocycles. The van der Waals surface area contributed by atoms with Gasteiger partial charge in [0.1, 0.15) is 5.54 Å². The molecule has 1 saturated heterocycles. The highest BCUT2D eigenvalue weighted by Gasteiger charge is 2.32. The Balaban J connectivity index is 2.32. The van der Waals surface area contributed by atoms with Crippen LogP contribution in [-0.4, -0.2) is 65.2 Å². The number of likely N-dealkylation sites (N-methyl/N-ethyl adjacent to an activating group) is 1. The number of carbonyl (C=O) groups is 1. The first-order valence-corrected chi connectivity index (χ1v) is 7.95. The first-order chi connectivity index (χ1) is 9.46. The molecule has 1 rings (SSSR count). The van der Waals surface area contributed by atoms with Gasteiger partial charge in [0.05, 0.1) is 0 Å². The quantitative estimate of drug-likeness (QED) is 0.670. The van der Waals surface area contributed by atoms with E-state index in [4.69, 9.17) is 10.8 Å². The lowest BCUT2D eigenvalue weighted by Crippen LogP contribution is -2.47. The zero-order valence-corrected chi connectivity index (χ0v) is 13.3. The number of likely N-dealkylation sites (tertiary alicyclic amines) is 1. The van der Waals surface area contributed by atoms with Crippen molar-refractivity contribution in [1.82, 2.24) is 9.80 Å². The minimum absolute atomic E-state index is 0.490. The van der Waals surface area contributed by atoms with E-state index in [-0.39, 0.29) is 0 Å². The molecular weight excluding hydrogens is 254 g/mol. The van der Waals surface area contributed by atoms with Crippen LogP contribution in [0.3, 0.4) is 0 Å². The van der Waals surface area contributed by atoms with Crippen molar-refractivity contribution in [2.24, 2.45) is 5.73 Å². The van der Waals surface area contributed by atoms with Gasteiger partial charge in [0.25, 0.3) is 0 Å². The zero-order chi connectivity index (χ0) is 15.2. The standard InChI is InChI=1S/C15H31N3O2/c1-4-15(16,14(19)20)9-7-10-17-11-8-13(12-17)18(5-2)6-3/h13H,4-12,16H2,1-3H3,(H,19,20). The number of carboxylic acid groups (broad SMARTS) is 1. The van der Waals surface area contributed by atoms with E-state index in [1.807, 2.05) is 6.92 Å². The summed E-state index contributed by atoms with van der Waals surface area (Å²) in [6.07, 6.45) is 3.14. The summed E-state index contributed by atoms with van der Waals surface area (Å²) < 4.78 is 0. The van der Waals surface area contributed by atoms with Crippen LogP contribution in [0.5, 0.6) is 0 Å². The maximum atomic E-state index is 11.2. The SMILES string of the molecule is CCN(CC)C1CCN(CCCC(N)(CC)C(=O)O)C1. The van der Waals surface area contributed by atoms with Gasteiger partial charge in [0, 0.05) is 12.6 Å². The lowest BCUT2D eigenvalue weighted by Gasteiger charge is -2.27. The maximum Gasteiger partial charge on any atom is 0.323 e. The predicted molar refractivity (Wildman–Crippen MR) is 81.8 cm³/mol. The second-order valence-corrected chi connectivity index (χ2v) is 5.88. The van der Waals surface area contributed by atoms with Gasteiger partial charge in [-0.25, -0.2) is 0 Å². The molecule has 0 radical (unpaired) electrons. The minimum atomic E-state index is -1.04. The molecule has 3 N–H and O–H groups in total. The van der Waals surface area contributed by atoms with Gasteiger partial charge >= 0.3 is 5.97 Å². The fourth-order valence-electron chi connectivity index (χ4n) is 3.11. The molecule has 1 aliphatic rings. The number of nitrogens with two attached hydrogens (primary N) is 1. The third kappa shape index (κ3) is 4.43. The van der Waals surface area contributed by atoms with E-state index < -0.39 is 11.5 Å². The van der Waals surface area contributed by atoms with Crippen LogP contribution in [0.15, 0.2) is 0 Å². The van der Waals surface area contributed by atoms with Crippen LogP contribution in [0.2, 0.25) is 0 Å². The summed E-state index contributed by atoms with van der Waals surface area (Å²) in [5.74, 6) is -0.873. The zero-order valence-electron chi connectivity index (χ0n) is 13.3. The molecule has 1 heterocycles. The number of hydrogen-bond donors (Lipinski definition) is 2. The molecule has 0 aromatic heterocycles. The number of nitrogens with zero attached hydrogens (tertiary/aromatic N) is 2. The average Bonchev–Trinajstić information content (AvgIpc) is 2.88. The first-order valence-electron chi connectivity index (χ1n) is 7.95. The van der Waals surface area contributed by atoms with Gasteiger partial charge < -0.3 is 15.7 Å². The Morgan fingerprint density at radius 2 is 2.05 bits per heavy atom. The fourth-order valence-corrected chi connectivity index (χ4v) is 3.11. The van der Waals surface area contributed by atoms with Crippen LogP contribution in [0.4, 0.5) is 0 Å². The molecule has 0 saturated carbocycles. The van der Waals surface area contributed by atoms with E-state index in [9.17, 15) is 4.79 Å². The average molecular weight is 285 g/mol. The summed E-state index contributed by atoms with van der Waals surface area (Å²) in [4.78, 5) is 16.1. The summed E-state index contributed by atoms with van der Waals surface area (Å²) in [7, 11) is 0. The van der Waals surface area contributed by atoms with E-state index in [1.165, 1.54) is 6.42 Å². The molecule has 0 aromatic rings. The van der Waals surface area contributed by atoms with Gasteiger partial charge in [-0.3, -0.25) is 9.69 Å². The van der Waals surface area contributed by atoms with Gasteiger partial charge in [0.2, 0.25) is 0 Å². The van der Waals surface area contributed by atoms with Crippen molar-refractivity contribution in [3.05, 3.63) is 0 Å². The van der Waals surface area contributed by atoms with Crippen LogP contribution in [-0.2, 0) is 4.79 Å². The second-order valence-electron chi connectivity index (χ2n) is 5.88. The molecule has 1 aliphatic heterocycles. The number of hydrogen-bond acceptors (Lipinski definition) is 4. The Bertz CT molecular complexity index is 307. The Morgan fingerprint density at radius 3 is 2.55 bits per heavy atom. The maximum absolute atomic E-state index is 11.2. The highest BCUT2D eigenvalue weighted by Crippen LogP contribution is 2.19. The van der Waals surface area contributed by atoms with E-state index in [0.717, 1.165) is 39.1 Å². The Kier molecular flexibility index (Phi) is 6.92. The molecule has 0 aliphatic carbocycles. The molecule has 0 bridgehead atoms. The van der Waals surface area contributed by atoms with Crippen LogP contribution in [0.25, 0.3) is 0 Å². The van der Waals surface area contributed by atoms with Crippen molar-refractivity contribution in [3.63, 3.8) is 0 Å². The van der Waals surface area contributed by atoms with Crippen molar-refractivity contribution >= 4 is 5.97 Å². The fraction of sp³-hybridized carbons (Fsp3) is 0.933. The van der Waals surface area contributed by atoms with Gasteiger partial charge in [-0.15, -0.1) is 0 Å². The van der Waals surface area contributed by atoms with E-state index in [2.05, 4.69) is 23.6 Å². The third-order valence-electron chi connectivity index (χ3n) is 4.73. The minimum Gasteiger partial charge on any atom is -0.480 e. The first kappa shape index (κ1) is 17.4. The van der Waals surface area contributed by atoms with Gasteiger partial charge in [-0.05, 0) is 51.9 Å². The van der Waals surface area contributed by atoms with Crippen LogP contribution in [0.1, 0.15) is 46.5 Å². The second kappa shape index (κ2) is 7.96. The van der Waals surface area contributed by atoms with Crippen molar-refractivity contribution < 1.29 is 9.90 Å². The number of rotatable bonds is 9.